The zero-order valence-corrected chi connectivity index (χ0v) is 14.7. The van der Waals surface area contributed by atoms with Gasteiger partial charge in [-0.3, -0.25) is 9.59 Å². The summed E-state index contributed by atoms with van der Waals surface area (Å²) < 4.78 is 0. The van der Waals surface area contributed by atoms with Gasteiger partial charge >= 0.3 is 5.97 Å². The monoisotopic (exact) mass is 364 g/mol. The Morgan fingerprint density at radius 2 is 2.12 bits per heavy atom. The molecule has 3 rings (SSSR count). The summed E-state index contributed by atoms with van der Waals surface area (Å²) in [4.78, 5) is 30.1. The zero-order chi connectivity index (χ0) is 17.3. The molecule has 1 aromatic heterocycles. The maximum Gasteiger partial charge on any atom is 0.308 e. The van der Waals surface area contributed by atoms with E-state index in [1.807, 2.05) is 18.2 Å². The molecule has 1 N–H and O–H groups in total. The second kappa shape index (κ2) is 6.91. The summed E-state index contributed by atoms with van der Waals surface area (Å²) in [5, 5.41) is 12.3. The van der Waals surface area contributed by atoms with Gasteiger partial charge in [0.05, 0.1) is 10.9 Å². The first-order valence-corrected chi connectivity index (χ1v) is 8.99. The van der Waals surface area contributed by atoms with Gasteiger partial charge in [0.25, 0.3) is 5.91 Å². The highest BCUT2D eigenvalue weighted by Gasteiger charge is 2.36. The molecule has 2 atom stereocenters. The number of carbonyl (C=O) groups excluding carboxylic acids is 1. The average Bonchev–Trinajstić information content (AvgIpc) is 3.04. The maximum absolute atomic E-state index is 12.8. The lowest BCUT2D eigenvalue weighted by atomic mass is 9.90. The van der Waals surface area contributed by atoms with Crippen molar-refractivity contribution < 1.29 is 14.7 Å². The number of carboxylic acids is 1. The molecule has 7 heteroatoms. The molecule has 0 spiro atoms. The van der Waals surface area contributed by atoms with Crippen molar-refractivity contribution in [1.29, 1.82) is 0 Å². The van der Waals surface area contributed by atoms with E-state index in [1.165, 1.54) is 11.3 Å². The predicted octanol–water partition coefficient (Wildman–Crippen LogP) is 3.79. The van der Waals surface area contributed by atoms with Crippen molar-refractivity contribution in [2.45, 2.75) is 25.8 Å². The third kappa shape index (κ3) is 3.16. The Balaban J connectivity index is 1.84. The Morgan fingerprint density at radius 3 is 2.83 bits per heavy atom. The maximum atomic E-state index is 12.8. The Bertz CT molecular complexity index is 777. The third-order valence-electron chi connectivity index (χ3n) is 4.39. The number of aromatic nitrogens is 1. The van der Waals surface area contributed by atoms with Crippen molar-refractivity contribution in [2.24, 2.45) is 5.92 Å². The van der Waals surface area contributed by atoms with Gasteiger partial charge in [0, 0.05) is 23.5 Å². The molecule has 24 heavy (non-hydrogen) atoms. The highest BCUT2D eigenvalue weighted by atomic mass is 35.5. The van der Waals surface area contributed by atoms with Gasteiger partial charge < -0.3 is 10.0 Å². The number of benzene rings is 1. The van der Waals surface area contributed by atoms with E-state index in [9.17, 15) is 14.7 Å². The molecule has 0 radical (unpaired) electrons. The van der Waals surface area contributed by atoms with Gasteiger partial charge in [-0.15, -0.1) is 11.3 Å². The van der Waals surface area contributed by atoms with E-state index in [4.69, 9.17) is 11.6 Å². The normalized spacial score (nSPS) is 20.8. The number of rotatable bonds is 3. The predicted molar refractivity (Wildman–Crippen MR) is 93.4 cm³/mol. The number of thiazole rings is 1. The van der Waals surface area contributed by atoms with Gasteiger partial charge in [-0.2, -0.15) is 0 Å². The van der Waals surface area contributed by atoms with Gasteiger partial charge in [0.2, 0.25) is 0 Å². The highest BCUT2D eigenvalue weighted by molar-refractivity contribution is 7.13. The summed E-state index contributed by atoms with van der Waals surface area (Å²) in [6, 6.07) is 7.01. The minimum Gasteiger partial charge on any atom is -0.481 e. The van der Waals surface area contributed by atoms with Crippen LogP contribution < -0.4 is 0 Å². The summed E-state index contributed by atoms with van der Waals surface area (Å²) >= 11 is 7.54. The van der Waals surface area contributed by atoms with Crippen LogP contribution in [0.5, 0.6) is 0 Å². The molecule has 1 amide bonds. The van der Waals surface area contributed by atoms with E-state index in [0.29, 0.717) is 35.1 Å². The first-order chi connectivity index (χ1) is 11.5. The zero-order valence-electron chi connectivity index (χ0n) is 13.1. The van der Waals surface area contributed by atoms with E-state index in [0.717, 1.165) is 5.56 Å². The van der Waals surface area contributed by atoms with Crippen LogP contribution in [0.3, 0.4) is 0 Å². The molecular formula is C17H17ClN2O3S. The lowest BCUT2D eigenvalue weighted by molar-refractivity contribution is -0.144. The number of hydrogen-bond donors (Lipinski definition) is 1. The quantitative estimate of drug-likeness (QED) is 0.899. The van der Waals surface area contributed by atoms with Gasteiger partial charge in [-0.25, -0.2) is 4.98 Å². The van der Waals surface area contributed by atoms with Crippen LogP contribution in [0.25, 0.3) is 10.6 Å². The molecule has 0 unspecified atom stereocenters. The minimum atomic E-state index is -0.852. The van der Waals surface area contributed by atoms with Crippen LogP contribution in [0.15, 0.2) is 29.6 Å². The fourth-order valence-electron chi connectivity index (χ4n) is 3.04. The molecule has 1 saturated heterocycles. The Kier molecular flexibility index (Phi) is 4.87. The Hall–Kier alpha value is -1.92. The van der Waals surface area contributed by atoms with E-state index in [1.54, 1.807) is 23.3 Å². The number of halogens is 1. The van der Waals surface area contributed by atoms with Crippen LogP contribution >= 0.6 is 22.9 Å². The molecule has 126 valence electrons. The number of nitrogens with zero attached hydrogens (tertiary/aromatic N) is 2. The van der Waals surface area contributed by atoms with E-state index in [2.05, 4.69) is 4.98 Å². The smallest absolute Gasteiger partial charge is 0.308 e. The fourth-order valence-corrected chi connectivity index (χ4v) is 4.15. The van der Waals surface area contributed by atoms with Crippen molar-refractivity contribution >= 4 is 34.8 Å². The lowest BCUT2D eigenvalue weighted by Gasteiger charge is -2.37. The molecular weight excluding hydrogens is 348 g/mol. The lowest BCUT2D eigenvalue weighted by Crippen LogP contribution is -2.49. The third-order valence-corrected chi connectivity index (χ3v) is 5.60. The van der Waals surface area contributed by atoms with Crippen molar-refractivity contribution in [3.8, 4) is 10.6 Å². The van der Waals surface area contributed by atoms with Crippen LogP contribution in [0.4, 0.5) is 0 Å². The Morgan fingerprint density at radius 1 is 1.38 bits per heavy atom. The van der Waals surface area contributed by atoms with Crippen molar-refractivity contribution in [3.05, 3.63) is 40.4 Å². The average molecular weight is 365 g/mol. The minimum absolute atomic E-state index is 0.219. The van der Waals surface area contributed by atoms with Crippen molar-refractivity contribution in [1.82, 2.24) is 9.88 Å². The number of carbonyl (C=O) groups is 2. The number of likely N-dealkylation sites (tertiary alicyclic amines) is 1. The number of amides is 1. The van der Waals surface area contributed by atoms with Crippen molar-refractivity contribution in [2.75, 3.05) is 6.54 Å². The molecule has 2 aromatic rings. The molecule has 0 aliphatic carbocycles. The molecule has 0 bridgehead atoms. The SMILES string of the molecule is C[C@@H]1[C@H](C(=O)O)CCCN1C(=O)c1csc(-c2ccccc2Cl)n1. The summed E-state index contributed by atoms with van der Waals surface area (Å²) in [7, 11) is 0. The van der Waals surface area contributed by atoms with Crippen LogP contribution in [0.2, 0.25) is 5.02 Å². The summed E-state index contributed by atoms with van der Waals surface area (Å²) in [5.41, 5.74) is 1.13. The van der Waals surface area contributed by atoms with Gasteiger partial charge in [0.15, 0.2) is 0 Å². The number of piperidine rings is 1. The molecule has 1 aromatic carbocycles. The highest BCUT2D eigenvalue weighted by Crippen LogP contribution is 2.31. The van der Waals surface area contributed by atoms with Crippen LogP contribution in [0, 0.1) is 5.92 Å². The molecule has 5 nitrogen and oxygen atoms in total. The first-order valence-electron chi connectivity index (χ1n) is 7.73. The molecule has 1 fully saturated rings. The Labute approximate surface area is 148 Å². The second-order valence-corrected chi connectivity index (χ2v) is 7.11. The largest absolute Gasteiger partial charge is 0.481 e. The molecule has 1 aliphatic rings. The van der Waals surface area contributed by atoms with Crippen LogP contribution in [-0.4, -0.2) is 39.5 Å². The van der Waals surface area contributed by atoms with E-state index >= 15 is 0 Å². The summed E-state index contributed by atoms with van der Waals surface area (Å²) in [6.07, 6.45) is 1.29. The van der Waals surface area contributed by atoms with Gasteiger partial charge in [-0.1, -0.05) is 29.8 Å². The van der Waals surface area contributed by atoms with Gasteiger partial charge in [0.1, 0.15) is 10.7 Å². The van der Waals surface area contributed by atoms with Crippen LogP contribution in [-0.2, 0) is 4.79 Å². The van der Waals surface area contributed by atoms with Gasteiger partial charge in [-0.05, 0) is 25.8 Å². The topological polar surface area (TPSA) is 70.5 Å². The fraction of sp³-hybridized carbons (Fsp3) is 0.353. The number of aliphatic carboxylic acids is 1. The van der Waals surface area contributed by atoms with E-state index < -0.39 is 11.9 Å². The summed E-state index contributed by atoms with van der Waals surface area (Å²) in [5.74, 6) is -1.59. The molecule has 2 heterocycles. The first kappa shape index (κ1) is 16.9. The standard InChI is InChI=1S/C17H17ClN2O3S/c1-10-11(17(22)23)6-4-8-20(10)16(21)14-9-24-15(19-14)12-5-2-3-7-13(12)18/h2-3,5,7,9-11H,4,6,8H2,1H3,(H,22,23)/t10-,11-/m1/s1. The van der Waals surface area contributed by atoms with Crippen molar-refractivity contribution in [3.63, 3.8) is 0 Å². The number of carboxylic acid groups (broad SMARTS) is 1. The van der Waals surface area contributed by atoms with Crippen LogP contribution in [0.1, 0.15) is 30.3 Å². The van der Waals surface area contributed by atoms with E-state index in [-0.39, 0.29) is 11.9 Å². The second-order valence-electron chi connectivity index (χ2n) is 5.84. The number of hydrogen-bond acceptors (Lipinski definition) is 4. The molecule has 0 saturated carbocycles. The summed E-state index contributed by atoms with van der Waals surface area (Å²) in [6.45, 7) is 2.35. The molecule has 1 aliphatic heterocycles.